The summed E-state index contributed by atoms with van der Waals surface area (Å²) < 4.78 is 13.2. The fourth-order valence-electron chi connectivity index (χ4n) is 9.09. The topological polar surface area (TPSA) is 62.2 Å². The Balaban J connectivity index is 1.64. The Hall–Kier alpha value is -1.30. The van der Waals surface area contributed by atoms with Gasteiger partial charge in [-0.3, -0.25) is 0 Å². The van der Waals surface area contributed by atoms with Gasteiger partial charge in [0.2, 0.25) is 0 Å². The van der Waals surface area contributed by atoms with Gasteiger partial charge in [0.1, 0.15) is 11.7 Å². The summed E-state index contributed by atoms with van der Waals surface area (Å²) in [5.41, 5.74) is 1.21. The summed E-state index contributed by atoms with van der Waals surface area (Å²) in [6, 6.07) is 4.37. The van der Waals surface area contributed by atoms with Crippen LogP contribution in [0.5, 0.6) is 11.5 Å². The number of aliphatic hydroxyl groups is 1. The van der Waals surface area contributed by atoms with Crippen LogP contribution in [0.3, 0.4) is 0 Å². The Bertz CT molecular complexity index is 915. The number of likely N-dealkylation sites (N-methyl/N-ethyl adjacent to an activating group) is 1. The fourth-order valence-corrected chi connectivity index (χ4v) is 9.09. The Labute approximate surface area is 179 Å². The van der Waals surface area contributed by atoms with Gasteiger partial charge in [0.25, 0.3) is 0 Å². The molecule has 6 aliphatic rings. The second-order valence-corrected chi connectivity index (χ2v) is 11.0. The summed E-state index contributed by atoms with van der Waals surface area (Å²) in [5, 5.41) is 22.5. The average Bonchev–Trinajstić information content (AvgIpc) is 3.09. The summed E-state index contributed by atoms with van der Waals surface area (Å²) in [5.74, 6) is 0.977. The minimum atomic E-state index is -0.798. The third-order valence-corrected chi connectivity index (χ3v) is 10.1. The zero-order valence-electron chi connectivity index (χ0n) is 18.7. The van der Waals surface area contributed by atoms with Crippen molar-refractivity contribution in [3.05, 3.63) is 23.3 Å². The molecule has 4 bridgehead atoms. The molecule has 5 nitrogen and oxygen atoms in total. The van der Waals surface area contributed by atoms with E-state index in [-0.39, 0.29) is 28.6 Å². The van der Waals surface area contributed by atoms with Crippen LogP contribution in [0.4, 0.5) is 0 Å². The predicted molar refractivity (Wildman–Crippen MR) is 114 cm³/mol. The maximum Gasteiger partial charge on any atom is 0.165 e. The zero-order valence-corrected chi connectivity index (χ0v) is 18.7. The van der Waals surface area contributed by atoms with Crippen LogP contribution < -0.4 is 4.74 Å². The zero-order chi connectivity index (χ0) is 21.1. The third kappa shape index (κ3) is 1.85. The monoisotopic (exact) mass is 413 g/mol. The van der Waals surface area contributed by atoms with Crippen molar-refractivity contribution in [1.29, 1.82) is 0 Å². The minimum absolute atomic E-state index is 0.0221. The van der Waals surface area contributed by atoms with Gasteiger partial charge in [-0.1, -0.05) is 19.4 Å². The number of nitrogens with zero attached hydrogens (tertiary/aromatic N) is 1. The first-order chi connectivity index (χ1) is 14.3. The van der Waals surface area contributed by atoms with Crippen LogP contribution in [0.2, 0.25) is 0 Å². The number of methoxy groups -OCH3 is 1. The number of ether oxygens (including phenoxy) is 2. The Morgan fingerprint density at radius 1 is 1.30 bits per heavy atom. The summed E-state index contributed by atoms with van der Waals surface area (Å²) in [7, 11) is 4.09. The van der Waals surface area contributed by atoms with E-state index in [9.17, 15) is 10.2 Å². The lowest BCUT2D eigenvalue weighted by Gasteiger charge is -2.74. The molecule has 1 aromatic rings. The molecule has 30 heavy (non-hydrogen) atoms. The normalized spacial score (nSPS) is 45.0. The quantitative estimate of drug-likeness (QED) is 0.792. The van der Waals surface area contributed by atoms with Gasteiger partial charge in [-0.25, -0.2) is 0 Å². The molecule has 2 unspecified atom stereocenters. The van der Waals surface area contributed by atoms with Crippen molar-refractivity contribution >= 4 is 0 Å². The first-order valence-electron chi connectivity index (χ1n) is 11.8. The number of aromatic hydroxyl groups is 1. The van der Waals surface area contributed by atoms with E-state index in [4.69, 9.17) is 9.47 Å². The fraction of sp³-hybridized carbons (Fsp3) is 0.760. The van der Waals surface area contributed by atoms with Gasteiger partial charge < -0.3 is 24.6 Å². The van der Waals surface area contributed by atoms with E-state index in [0.717, 1.165) is 51.5 Å². The molecular formula is C25H35NO4. The Kier molecular flexibility index (Phi) is 3.70. The van der Waals surface area contributed by atoms with Gasteiger partial charge >= 0.3 is 0 Å². The van der Waals surface area contributed by atoms with Crippen LogP contribution in [-0.4, -0.2) is 59.2 Å². The molecular weight excluding hydrogens is 378 g/mol. The molecule has 2 heterocycles. The predicted octanol–water partition coefficient (Wildman–Crippen LogP) is 3.39. The van der Waals surface area contributed by atoms with Crippen molar-refractivity contribution in [1.82, 2.24) is 4.90 Å². The second kappa shape index (κ2) is 5.73. The van der Waals surface area contributed by atoms with E-state index in [1.807, 2.05) is 20.1 Å². The highest BCUT2D eigenvalue weighted by atomic mass is 16.6. The molecule has 164 valence electrons. The lowest BCUT2D eigenvalue weighted by atomic mass is 9.33. The highest BCUT2D eigenvalue weighted by Crippen LogP contribution is 2.77. The molecule has 0 radical (unpaired) electrons. The summed E-state index contributed by atoms with van der Waals surface area (Å²) in [4.78, 5) is 2.56. The Morgan fingerprint density at radius 2 is 2.10 bits per heavy atom. The summed E-state index contributed by atoms with van der Waals surface area (Å²) in [6.07, 6.45) is 6.57. The number of likely N-dealkylation sites (tertiary alicyclic amines) is 1. The van der Waals surface area contributed by atoms with Crippen LogP contribution in [0.25, 0.3) is 0 Å². The molecule has 3 saturated carbocycles. The van der Waals surface area contributed by atoms with Gasteiger partial charge in [0, 0.05) is 35.5 Å². The van der Waals surface area contributed by atoms with Crippen LogP contribution in [0.1, 0.15) is 63.5 Å². The van der Waals surface area contributed by atoms with Crippen LogP contribution in [0.15, 0.2) is 12.1 Å². The molecule has 2 spiro atoms. The molecule has 0 amide bonds. The van der Waals surface area contributed by atoms with E-state index in [0.29, 0.717) is 11.8 Å². The number of piperidine rings is 1. The number of hydrogen-bond acceptors (Lipinski definition) is 5. The molecule has 7 atom stereocenters. The van der Waals surface area contributed by atoms with E-state index in [1.165, 1.54) is 11.1 Å². The van der Waals surface area contributed by atoms with E-state index < -0.39 is 11.2 Å². The summed E-state index contributed by atoms with van der Waals surface area (Å²) >= 11 is 0. The highest BCUT2D eigenvalue weighted by Gasteiger charge is 2.81. The number of phenolic OH excluding ortho intramolecular Hbond substituents is 1. The van der Waals surface area contributed by atoms with Gasteiger partial charge in [-0.05, 0) is 70.7 Å². The molecule has 4 fully saturated rings. The van der Waals surface area contributed by atoms with Crippen molar-refractivity contribution < 1.29 is 19.7 Å². The molecule has 0 aromatic heterocycles. The van der Waals surface area contributed by atoms with Crippen LogP contribution in [0, 0.1) is 11.3 Å². The summed E-state index contributed by atoms with van der Waals surface area (Å²) in [6.45, 7) is 5.19. The molecule has 7 rings (SSSR count). The van der Waals surface area contributed by atoms with Gasteiger partial charge in [0.05, 0.1) is 5.60 Å². The third-order valence-electron chi connectivity index (χ3n) is 10.1. The minimum Gasteiger partial charge on any atom is -0.504 e. The second-order valence-electron chi connectivity index (χ2n) is 11.0. The van der Waals surface area contributed by atoms with Crippen LogP contribution >= 0.6 is 0 Å². The lowest BCUT2D eigenvalue weighted by Crippen LogP contribution is -2.82. The molecule has 2 aliphatic heterocycles. The first-order valence-corrected chi connectivity index (χ1v) is 11.8. The maximum atomic E-state index is 11.7. The van der Waals surface area contributed by atoms with Crippen molar-refractivity contribution in [3.8, 4) is 11.5 Å². The van der Waals surface area contributed by atoms with Gasteiger partial charge in [0.15, 0.2) is 11.5 Å². The molecule has 4 aliphatic carbocycles. The van der Waals surface area contributed by atoms with Crippen molar-refractivity contribution in [2.45, 2.75) is 87.6 Å². The van der Waals surface area contributed by atoms with E-state index >= 15 is 0 Å². The molecule has 5 heteroatoms. The number of hydrogen-bond donors (Lipinski definition) is 2. The largest absolute Gasteiger partial charge is 0.504 e. The average molecular weight is 414 g/mol. The van der Waals surface area contributed by atoms with Crippen molar-refractivity contribution in [3.63, 3.8) is 0 Å². The van der Waals surface area contributed by atoms with Crippen LogP contribution in [-0.2, 0) is 16.6 Å². The van der Waals surface area contributed by atoms with Crippen molar-refractivity contribution in [2.24, 2.45) is 11.3 Å². The molecule has 1 aromatic carbocycles. The standard InChI is InChI=1S/C25H35NO4/c1-5-8-22(2,28)17-14-23-9-10-25(17,29-4)21-24(23)11-12-26(3)18(23)13-15-6-7-16(27)20(30-21)19(15)24/h6-7,17-18,21,27-28H,5,8-14H2,1-4H3/t17?,18-,21-,22?,23-,24+,25+/m1/s1. The van der Waals surface area contributed by atoms with E-state index in [1.54, 1.807) is 0 Å². The molecule has 2 N–H and O–H groups in total. The number of phenols is 1. The highest BCUT2D eigenvalue weighted by molar-refractivity contribution is 5.63. The smallest absolute Gasteiger partial charge is 0.165 e. The number of rotatable bonds is 4. The van der Waals surface area contributed by atoms with E-state index in [2.05, 4.69) is 24.9 Å². The first kappa shape index (κ1) is 19.4. The van der Waals surface area contributed by atoms with Gasteiger partial charge in [-0.2, -0.15) is 0 Å². The van der Waals surface area contributed by atoms with Crippen molar-refractivity contribution in [2.75, 3.05) is 20.7 Å². The lowest BCUT2D eigenvalue weighted by molar-refractivity contribution is -0.301. The number of benzene rings is 1. The Morgan fingerprint density at radius 3 is 2.83 bits per heavy atom. The SMILES string of the molecule is CCCC(C)(O)C1C[C@@]23CC[C@@]1(OC)[C@@H]1Oc4c(O)ccc5c4[C@@]12CCN(C)[C@@H]3C5. The molecule has 1 saturated heterocycles. The maximum absolute atomic E-state index is 11.7. The van der Waals surface area contributed by atoms with Gasteiger partial charge in [-0.15, -0.1) is 0 Å². The number of fused-ring (bicyclic) bond motifs is 2.